The van der Waals surface area contributed by atoms with Crippen molar-refractivity contribution in [1.29, 1.82) is 0 Å². The van der Waals surface area contributed by atoms with Crippen LogP contribution in [0.4, 0.5) is 5.82 Å². The number of fused-ring (bicyclic) bond motifs is 1. The molecular formula is C27H37N6O8P. The van der Waals surface area contributed by atoms with Crippen LogP contribution in [0, 0.1) is 11.8 Å². The number of guanidine groups is 1. The van der Waals surface area contributed by atoms with Gasteiger partial charge in [0.25, 0.3) is 0 Å². The van der Waals surface area contributed by atoms with Crippen molar-refractivity contribution < 1.29 is 38.2 Å². The fourth-order valence-electron chi connectivity index (χ4n) is 4.79. The quantitative estimate of drug-likeness (QED) is 0.135. The Labute approximate surface area is 243 Å². The lowest BCUT2D eigenvalue weighted by Gasteiger charge is -2.26. The molecule has 4 rings (SSSR count). The molecule has 14 nitrogen and oxygen atoms in total. The number of ketones is 1. The topological polar surface area (TPSA) is 200 Å². The van der Waals surface area contributed by atoms with Crippen molar-refractivity contribution in [2.45, 2.75) is 64.6 Å². The summed E-state index contributed by atoms with van der Waals surface area (Å²) in [4.78, 5) is 33.4. The summed E-state index contributed by atoms with van der Waals surface area (Å²) < 4.78 is 32.4. The minimum Gasteiger partial charge on any atom is -0.453 e. The van der Waals surface area contributed by atoms with E-state index in [2.05, 4.69) is 27.0 Å². The van der Waals surface area contributed by atoms with Gasteiger partial charge in [-0.1, -0.05) is 38.6 Å². The molecule has 0 bridgehead atoms. The number of hydrogen-bond donors (Lipinski definition) is 5. The molecule has 0 amide bonds. The number of carbonyl (C=O) groups excluding carboxylic acids is 2. The maximum absolute atomic E-state index is 13.9. The lowest BCUT2D eigenvalue weighted by molar-refractivity contribution is -0.156. The van der Waals surface area contributed by atoms with Crippen molar-refractivity contribution in [3.05, 3.63) is 54.5 Å². The summed E-state index contributed by atoms with van der Waals surface area (Å²) in [7, 11) is -4.24. The van der Waals surface area contributed by atoms with Gasteiger partial charge in [0.15, 0.2) is 29.9 Å². The molecule has 0 spiro atoms. The molecule has 0 saturated heterocycles. The van der Waals surface area contributed by atoms with E-state index in [1.165, 1.54) is 20.2 Å². The van der Waals surface area contributed by atoms with Gasteiger partial charge in [-0.3, -0.25) is 14.1 Å². The zero-order chi connectivity index (χ0) is 30.8. The van der Waals surface area contributed by atoms with E-state index in [0.717, 1.165) is 0 Å². The molecule has 2 heterocycles. The lowest BCUT2D eigenvalue weighted by Crippen LogP contribution is -2.39. The summed E-state index contributed by atoms with van der Waals surface area (Å²) in [5.74, 6) is -1.52. The van der Waals surface area contributed by atoms with Crippen molar-refractivity contribution in [1.82, 2.24) is 20.0 Å². The second kappa shape index (κ2) is 12.8. The van der Waals surface area contributed by atoms with E-state index in [0.29, 0.717) is 11.4 Å². The number of imidazole rings is 1. The van der Waals surface area contributed by atoms with Gasteiger partial charge in [0.1, 0.15) is 17.5 Å². The maximum atomic E-state index is 13.9. The van der Waals surface area contributed by atoms with Crippen LogP contribution in [0.15, 0.2) is 53.8 Å². The highest BCUT2D eigenvalue weighted by Gasteiger charge is 2.42. The molecule has 2 aromatic rings. The number of nitrogens with two attached hydrogens (primary N) is 1. The normalized spacial score (nSPS) is 24.6. The number of aliphatic hydroxyl groups is 2. The molecule has 1 aliphatic carbocycles. The second-order valence-corrected chi connectivity index (χ2v) is 12.3. The van der Waals surface area contributed by atoms with Gasteiger partial charge in [0.2, 0.25) is 0 Å². The molecule has 15 heteroatoms. The Balaban J connectivity index is 1.49. The third-order valence-electron chi connectivity index (χ3n) is 7.09. The Morgan fingerprint density at radius 2 is 1.93 bits per heavy atom. The zero-order valence-electron chi connectivity index (χ0n) is 23.8. The van der Waals surface area contributed by atoms with Crippen LogP contribution < -0.4 is 20.7 Å². The molecule has 2 aliphatic rings. The van der Waals surface area contributed by atoms with Gasteiger partial charge in [-0.05, 0) is 38.0 Å². The monoisotopic (exact) mass is 604 g/mol. The van der Waals surface area contributed by atoms with Gasteiger partial charge in [-0.15, -0.1) is 0 Å². The summed E-state index contributed by atoms with van der Waals surface area (Å²) in [5.41, 5.74) is 6.60. The van der Waals surface area contributed by atoms with Crippen LogP contribution in [0.2, 0.25) is 0 Å². The van der Waals surface area contributed by atoms with Crippen LogP contribution in [0.3, 0.4) is 0 Å². The highest BCUT2D eigenvalue weighted by molar-refractivity contribution is 7.52. The Morgan fingerprint density at radius 1 is 1.24 bits per heavy atom. The molecule has 1 aromatic carbocycles. The number of carbonyl (C=O) groups is 2. The Morgan fingerprint density at radius 3 is 2.60 bits per heavy atom. The molecule has 1 aliphatic heterocycles. The largest absolute Gasteiger partial charge is 0.459 e. The first-order valence-corrected chi connectivity index (χ1v) is 15.1. The Kier molecular flexibility index (Phi) is 9.53. The summed E-state index contributed by atoms with van der Waals surface area (Å²) in [6, 6.07) is 6.60. The summed E-state index contributed by atoms with van der Waals surface area (Å²) in [6.45, 7) is 10.2. The highest BCUT2D eigenvalue weighted by atomic mass is 31.2. The van der Waals surface area contributed by atoms with E-state index in [9.17, 15) is 24.4 Å². The first-order chi connectivity index (χ1) is 19.8. The van der Waals surface area contributed by atoms with E-state index in [1.54, 1.807) is 48.7 Å². The number of aromatic nitrogens is 2. The number of aliphatic imine (C=N–C) groups is 1. The van der Waals surface area contributed by atoms with Crippen LogP contribution in [0.25, 0.3) is 0 Å². The van der Waals surface area contributed by atoms with Crippen molar-refractivity contribution in [3.8, 4) is 5.75 Å². The molecule has 1 aromatic heterocycles. The van der Waals surface area contributed by atoms with Gasteiger partial charge in [-0.2, -0.15) is 10.1 Å². The number of esters is 1. The standard InChI is InChI=1S/C27H37N6O8P/c1-14(2)23(35)17(5)40-26(37)16(4)32-42(38,41-18-9-7-6-8-10-18)39-12-19-15(3)20(11-21(19)34)33-13-29-22-24(33)30-27(28)31-25(22)36/h6-10,13-14,16-17,19-21,25,34,36H,3,11-12H2,1-2,4-5H3,(H,32,38)(H3,28,30,31)/t16-,17-,19-,20?,21-,25?,42-/m0/s1. The fraction of sp³-hybridized carbons (Fsp3) is 0.481. The summed E-state index contributed by atoms with van der Waals surface area (Å²) in [6.07, 6.45) is -1.37. The molecule has 7 atom stereocenters. The van der Waals surface area contributed by atoms with Crippen LogP contribution >= 0.6 is 7.75 Å². The highest BCUT2D eigenvalue weighted by Crippen LogP contribution is 2.48. The third kappa shape index (κ3) is 6.90. The number of aliphatic hydroxyl groups excluding tert-OH is 2. The number of nitrogens with zero attached hydrogens (tertiary/aromatic N) is 3. The molecular weight excluding hydrogens is 567 g/mol. The van der Waals surface area contributed by atoms with Crippen LogP contribution in [-0.4, -0.2) is 62.3 Å². The third-order valence-corrected chi connectivity index (χ3v) is 8.74. The second-order valence-electron chi connectivity index (χ2n) is 10.6. The number of ether oxygens (including phenoxy) is 1. The van der Waals surface area contributed by atoms with Gasteiger partial charge < -0.3 is 35.1 Å². The van der Waals surface area contributed by atoms with E-state index >= 15 is 0 Å². The van der Waals surface area contributed by atoms with E-state index in [4.69, 9.17) is 19.5 Å². The first-order valence-electron chi connectivity index (χ1n) is 13.5. The van der Waals surface area contributed by atoms with Crippen LogP contribution in [0.5, 0.6) is 5.75 Å². The molecule has 42 heavy (non-hydrogen) atoms. The molecule has 0 radical (unpaired) electrons. The summed E-state index contributed by atoms with van der Waals surface area (Å²) >= 11 is 0. The average molecular weight is 605 g/mol. The van der Waals surface area contributed by atoms with Crippen LogP contribution in [0.1, 0.15) is 52.1 Å². The van der Waals surface area contributed by atoms with Crippen molar-refractivity contribution in [2.24, 2.45) is 22.6 Å². The number of rotatable bonds is 12. The number of Topliss-reactive ketones (excluding diaryl/α,β-unsaturated/α-hetero) is 1. The van der Waals surface area contributed by atoms with Gasteiger partial charge >= 0.3 is 13.7 Å². The maximum Gasteiger partial charge on any atom is 0.459 e. The Bertz CT molecular complexity index is 1400. The van der Waals surface area contributed by atoms with Gasteiger partial charge in [0.05, 0.1) is 25.1 Å². The van der Waals surface area contributed by atoms with E-state index < -0.39 is 50.2 Å². The predicted octanol–water partition coefficient (Wildman–Crippen LogP) is 2.24. The number of benzene rings is 1. The summed E-state index contributed by atoms with van der Waals surface area (Å²) in [5, 5.41) is 26.3. The fourth-order valence-corrected chi connectivity index (χ4v) is 6.31. The lowest BCUT2D eigenvalue weighted by atomic mass is 10.0. The Hall–Kier alpha value is -3.55. The first kappa shape index (κ1) is 31.4. The van der Waals surface area contributed by atoms with E-state index in [1.807, 2.05) is 0 Å². The predicted molar refractivity (Wildman–Crippen MR) is 153 cm³/mol. The van der Waals surface area contributed by atoms with E-state index in [-0.39, 0.29) is 42.1 Å². The smallest absolute Gasteiger partial charge is 0.453 e. The molecule has 2 unspecified atom stereocenters. The average Bonchev–Trinajstić information content (AvgIpc) is 3.47. The van der Waals surface area contributed by atoms with Crippen molar-refractivity contribution in [2.75, 3.05) is 6.61 Å². The van der Waals surface area contributed by atoms with Crippen molar-refractivity contribution in [3.63, 3.8) is 0 Å². The molecule has 6 N–H and O–H groups in total. The molecule has 228 valence electrons. The SMILES string of the molecule is C=C1C(n2cnc3c2N=C(N)NC3O)C[C@H](O)[C@H]1CO[P@@](=O)(N[C@@H](C)C(=O)O[C@@H](C)C(=O)C(C)C)Oc1ccccc1. The minimum atomic E-state index is -4.24. The molecule has 1 saturated carbocycles. The number of para-hydroxylation sites is 1. The van der Waals surface area contributed by atoms with Gasteiger partial charge in [-0.25, -0.2) is 9.55 Å². The molecule has 1 fully saturated rings. The number of hydrogen-bond acceptors (Lipinski definition) is 12. The zero-order valence-corrected chi connectivity index (χ0v) is 24.7. The van der Waals surface area contributed by atoms with Gasteiger partial charge in [0, 0.05) is 11.8 Å². The van der Waals surface area contributed by atoms with Crippen molar-refractivity contribution >= 4 is 31.3 Å². The van der Waals surface area contributed by atoms with Crippen LogP contribution in [-0.2, 0) is 23.4 Å². The number of nitrogens with one attached hydrogen (secondary N) is 2. The minimum absolute atomic E-state index is 0.0153.